The summed E-state index contributed by atoms with van der Waals surface area (Å²) in [6, 6.07) is 7.67. The van der Waals surface area contributed by atoms with Crippen molar-refractivity contribution in [2.75, 3.05) is 7.05 Å². The summed E-state index contributed by atoms with van der Waals surface area (Å²) in [6.45, 7) is 1.87. The number of fused-ring (bicyclic) bond motifs is 1. The Kier molecular flexibility index (Phi) is 2.56. The first-order valence-corrected chi connectivity index (χ1v) is 5.00. The van der Waals surface area contributed by atoms with E-state index >= 15 is 0 Å². The van der Waals surface area contributed by atoms with Gasteiger partial charge in [0.15, 0.2) is 5.78 Å². The Balaban J connectivity index is 2.41. The zero-order valence-electron chi connectivity index (χ0n) is 8.90. The fraction of sp³-hybridized carbons (Fsp3) is 0.250. The number of Topliss-reactive ketones (excluding diaryl/α,β-unsaturated/α-hetero) is 1. The van der Waals surface area contributed by atoms with Gasteiger partial charge < -0.3 is 9.72 Å². The van der Waals surface area contributed by atoms with E-state index in [1.807, 2.05) is 48.0 Å². The van der Waals surface area contributed by atoms with E-state index in [2.05, 4.69) is 5.32 Å². The lowest BCUT2D eigenvalue weighted by atomic mass is 10.1. The molecule has 78 valence electrons. The van der Waals surface area contributed by atoms with Crippen LogP contribution in [-0.2, 0) is 0 Å². The monoisotopic (exact) mass is 202 g/mol. The maximum absolute atomic E-state index is 11.9. The maximum atomic E-state index is 11.9. The van der Waals surface area contributed by atoms with Crippen LogP contribution in [0.15, 0.2) is 36.7 Å². The van der Waals surface area contributed by atoms with Crippen LogP contribution in [0.1, 0.15) is 17.3 Å². The number of carbonyl (C=O) groups is 1. The molecule has 0 aromatic carbocycles. The molecule has 0 fully saturated rings. The van der Waals surface area contributed by atoms with Gasteiger partial charge in [0.1, 0.15) is 0 Å². The van der Waals surface area contributed by atoms with Gasteiger partial charge >= 0.3 is 0 Å². The van der Waals surface area contributed by atoms with Gasteiger partial charge in [0.2, 0.25) is 0 Å². The van der Waals surface area contributed by atoms with Crippen LogP contribution >= 0.6 is 0 Å². The Morgan fingerprint density at radius 2 is 2.27 bits per heavy atom. The molecule has 0 unspecified atom stereocenters. The van der Waals surface area contributed by atoms with E-state index in [0.29, 0.717) is 0 Å². The Labute approximate surface area is 88.7 Å². The van der Waals surface area contributed by atoms with Crippen molar-refractivity contribution in [1.29, 1.82) is 0 Å². The van der Waals surface area contributed by atoms with E-state index in [0.717, 1.165) is 11.1 Å². The Morgan fingerprint density at radius 1 is 1.47 bits per heavy atom. The number of aromatic nitrogens is 1. The van der Waals surface area contributed by atoms with Gasteiger partial charge in [-0.1, -0.05) is 6.07 Å². The number of ketones is 1. The van der Waals surface area contributed by atoms with Crippen molar-refractivity contribution in [2.24, 2.45) is 0 Å². The molecule has 3 heteroatoms. The summed E-state index contributed by atoms with van der Waals surface area (Å²) in [6.07, 6.45) is 3.81. The summed E-state index contributed by atoms with van der Waals surface area (Å²) in [4.78, 5) is 11.9. The minimum Gasteiger partial charge on any atom is -0.323 e. The minimum absolute atomic E-state index is 0.126. The van der Waals surface area contributed by atoms with E-state index in [-0.39, 0.29) is 11.8 Å². The molecule has 0 bridgehead atoms. The number of hydrogen-bond acceptors (Lipinski definition) is 2. The van der Waals surface area contributed by atoms with Crippen molar-refractivity contribution < 1.29 is 4.79 Å². The lowest BCUT2D eigenvalue weighted by molar-refractivity contribution is 0.0955. The summed E-state index contributed by atoms with van der Waals surface area (Å²) in [5, 5.41) is 2.95. The molecule has 1 atom stereocenters. The van der Waals surface area contributed by atoms with Crippen molar-refractivity contribution in [2.45, 2.75) is 13.0 Å². The normalized spacial score (nSPS) is 12.9. The highest BCUT2D eigenvalue weighted by Crippen LogP contribution is 2.11. The molecule has 0 saturated carbocycles. The molecule has 2 heterocycles. The third kappa shape index (κ3) is 1.78. The van der Waals surface area contributed by atoms with E-state index in [1.54, 1.807) is 7.05 Å². The van der Waals surface area contributed by atoms with Gasteiger partial charge in [0, 0.05) is 23.5 Å². The van der Waals surface area contributed by atoms with Crippen LogP contribution in [0.3, 0.4) is 0 Å². The average Bonchev–Trinajstić information content (AvgIpc) is 2.70. The van der Waals surface area contributed by atoms with E-state index in [1.165, 1.54) is 0 Å². The Bertz CT molecular complexity index is 454. The van der Waals surface area contributed by atoms with Gasteiger partial charge in [0.05, 0.1) is 6.04 Å². The smallest absolute Gasteiger partial charge is 0.180 e. The first-order chi connectivity index (χ1) is 7.22. The van der Waals surface area contributed by atoms with Crippen molar-refractivity contribution >= 4 is 11.3 Å². The van der Waals surface area contributed by atoms with Gasteiger partial charge in [-0.05, 0) is 32.2 Å². The fourth-order valence-electron chi connectivity index (χ4n) is 1.57. The zero-order chi connectivity index (χ0) is 10.8. The van der Waals surface area contributed by atoms with Gasteiger partial charge in [-0.25, -0.2) is 0 Å². The molecule has 2 aromatic heterocycles. The van der Waals surface area contributed by atoms with Crippen molar-refractivity contribution in [3.8, 4) is 0 Å². The maximum Gasteiger partial charge on any atom is 0.180 e. The molecule has 1 N–H and O–H groups in total. The van der Waals surface area contributed by atoms with E-state index < -0.39 is 0 Å². The predicted octanol–water partition coefficient (Wildman–Crippen LogP) is 1.73. The molecule has 0 saturated heterocycles. The highest BCUT2D eigenvalue weighted by atomic mass is 16.1. The Morgan fingerprint density at radius 3 is 2.93 bits per heavy atom. The number of nitrogens with one attached hydrogen (secondary N) is 1. The van der Waals surface area contributed by atoms with Crippen LogP contribution in [0.5, 0.6) is 0 Å². The molecule has 0 aliphatic rings. The molecule has 0 aliphatic carbocycles. The molecule has 3 nitrogen and oxygen atoms in total. The molecule has 0 aliphatic heterocycles. The van der Waals surface area contributed by atoms with Gasteiger partial charge in [-0.15, -0.1) is 0 Å². The average molecular weight is 202 g/mol. The molecule has 0 amide bonds. The van der Waals surface area contributed by atoms with Gasteiger partial charge in [-0.2, -0.15) is 0 Å². The van der Waals surface area contributed by atoms with Crippen LogP contribution in [0, 0.1) is 0 Å². The number of nitrogens with zero attached hydrogens (tertiary/aromatic N) is 1. The number of likely N-dealkylation sites (N-methyl/N-ethyl adjacent to an activating group) is 1. The topological polar surface area (TPSA) is 33.5 Å². The van der Waals surface area contributed by atoms with Crippen LogP contribution in [0.2, 0.25) is 0 Å². The first kappa shape index (κ1) is 9.93. The second-order valence-corrected chi connectivity index (χ2v) is 3.64. The number of pyridine rings is 1. The van der Waals surface area contributed by atoms with Crippen LogP contribution in [0.4, 0.5) is 0 Å². The highest BCUT2D eigenvalue weighted by Gasteiger charge is 2.14. The van der Waals surface area contributed by atoms with Crippen molar-refractivity contribution in [3.05, 3.63) is 42.2 Å². The van der Waals surface area contributed by atoms with Crippen LogP contribution in [-0.4, -0.2) is 23.3 Å². The second kappa shape index (κ2) is 3.87. The van der Waals surface area contributed by atoms with Gasteiger partial charge in [-0.3, -0.25) is 4.79 Å². The lowest BCUT2D eigenvalue weighted by Crippen LogP contribution is -2.30. The fourth-order valence-corrected chi connectivity index (χ4v) is 1.57. The molecule has 15 heavy (non-hydrogen) atoms. The van der Waals surface area contributed by atoms with E-state index in [9.17, 15) is 4.79 Å². The standard InChI is InChI=1S/C12H14N2O/c1-9(13-2)12(15)10-7-11-5-3-4-6-14(11)8-10/h3-9,13H,1-2H3/t9-/m0/s1. The van der Waals surface area contributed by atoms with Gasteiger partial charge in [0.25, 0.3) is 0 Å². The van der Waals surface area contributed by atoms with Crippen molar-refractivity contribution in [1.82, 2.24) is 9.72 Å². The van der Waals surface area contributed by atoms with Crippen LogP contribution < -0.4 is 5.32 Å². The summed E-state index contributed by atoms with van der Waals surface area (Å²) >= 11 is 0. The molecular weight excluding hydrogens is 188 g/mol. The quantitative estimate of drug-likeness (QED) is 0.769. The third-order valence-corrected chi connectivity index (χ3v) is 2.62. The molecule has 0 spiro atoms. The Hall–Kier alpha value is -1.61. The molecule has 0 radical (unpaired) electrons. The largest absolute Gasteiger partial charge is 0.323 e. The number of hydrogen-bond donors (Lipinski definition) is 1. The zero-order valence-corrected chi connectivity index (χ0v) is 8.90. The molecular formula is C12H14N2O. The predicted molar refractivity (Wildman–Crippen MR) is 60.2 cm³/mol. The first-order valence-electron chi connectivity index (χ1n) is 5.00. The van der Waals surface area contributed by atoms with Crippen molar-refractivity contribution in [3.63, 3.8) is 0 Å². The number of carbonyl (C=O) groups excluding carboxylic acids is 1. The summed E-state index contributed by atoms with van der Waals surface area (Å²) < 4.78 is 1.95. The summed E-state index contributed by atoms with van der Waals surface area (Å²) in [5.41, 5.74) is 1.80. The summed E-state index contributed by atoms with van der Waals surface area (Å²) in [7, 11) is 1.79. The molecule has 2 aromatic rings. The molecule has 2 rings (SSSR count). The van der Waals surface area contributed by atoms with Crippen LogP contribution in [0.25, 0.3) is 5.52 Å². The SMILES string of the molecule is CN[C@@H](C)C(=O)c1cc2ccccn2c1. The number of rotatable bonds is 3. The van der Waals surface area contributed by atoms with E-state index in [4.69, 9.17) is 0 Å². The third-order valence-electron chi connectivity index (χ3n) is 2.62. The summed E-state index contributed by atoms with van der Waals surface area (Å²) in [5.74, 6) is 0.126. The lowest BCUT2D eigenvalue weighted by Gasteiger charge is -2.05. The minimum atomic E-state index is -0.137. The second-order valence-electron chi connectivity index (χ2n) is 3.64. The highest BCUT2D eigenvalue weighted by molar-refractivity contribution is 6.00.